The minimum absolute atomic E-state index is 0.173. The van der Waals surface area contributed by atoms with Gasteiger partial charge in [-0.05, 0) is 38.1 Å². The Kier molecular flexibility index (Phi) is 5.02. The van der Waals surface area contributed by atoms with Gasteiger partial charge in [-0.2, -0.15) is 0 Å². The van der Waals surface area contributed by atoms with Gasteiger partial charge in [0.25, 0.3) is 5.91 Å². The van der Waals surface area contributed by atoms with Gasteiger partial charge in [-0.15, -0.1) is 0 Å². The summed E-state index contributed by atoms with van der Waals surface area (Å²) in [5.41, 5.74) is 1.17. The summed E-state index contributed by atoms with van der Waals surface area (Å²) < 4.78 is 17.5. The number of hydrogen-bond donors (Lipinski definition) is 0. The van der Waals surface area contributed by atoms with Crippen LogP contribution in [0.25, 0.3) is 11.5 Å². The van der Waals surface area contributed by atoms with Gasteiger partial charge in [0.1, 0.15) is 12.4 Å². The number of fused-ring (bicyclic) bond motifs is 1. The third-order valence-corrected chi connectivity index (χ3v) is 4.68. The molecule has 4 rings (SSSR count). The molecule has 0 saturated carbocycles. The third kappa shape index (κ3) is 3.58. The lowest BCUT2D eigenvalue weighted by atomic mass is 10.2. The van der Waals surface area contributed by atoms with E-state index in [0.29, 0.717) is 42.8 Å². The van der Waals surface area contributed by atoms with Gasteiger partial charge in [0.15, 0.2) is 23.3 Å². The third-order valence-electron chi connectivity index (χ3n) is 4.68. The van der Waals surface area contributed by atoms with Crippen LogP contribution in [0.3, 0.4) is 0 Å². The number of oxazole rings is 1. The van der Waals surface area contributed by atoms with E-state index in [1.807, 2.05) is 61.5 Å². The molecule has 0 N–H and O–H groups in total. The van der Waals surface area contributed by atoms with Crippen LogP contribution < -0.4 is 9.47 Å². The molecule has 0 radical (unpaired) electrons. The van der Waals surface area contributed by atoms with Crippen molar-refractivity contribution in [2.45, 2.75) is 20.0 Å². The first kappa shape index (κ1) is 18.1. The molecule has 28 heavy (non-hydrogen) atoms. The summed E-state index contributed by atoms with van der Waals surface area (Å²) in [6, 6.07) is 17.1. The Hall–Kier alpha value is -3.28. The van der Waals surface area contributed by atoms with Crippen LogP contribution in [0.4, 0.5) is 0 Å². The van der Waals surface area contributed by atoms with Crippen LogP contribution in [0.2, 0.25) is 0 Å². The predicted molar refractivity (Wildman–Crippen MR) is 105 cm³/mol. The highest BCUT2D eigenvalue weighted by Crippen LogP contribution is 2.31. The van der Waals surface area contributed by atoms with E-state index in [0.717, 1.165) is 11.3 Å². The van der Waals surface area contributed by atoms with Gasteiger partial charge in [-0.3, -0.25) is 4.79 Å². The molecule has 6 nitrogen and oxygen atoms in total. The number of hydrogen-bond acceptors (Lipinski definition) is 5. The summed E-state index contributed by atoms with van der Waals surface area (Å²) in [5, 5.41) is 0. The minimum Gasteiger partial charge on any atom is -0.486 e. The highest BCUT2D eigenvalue weighted by atomic mass is 16.6. The molecular formula is C22H22N2O4. The summed E-state index contributed by atoms with van der Waals surface area (Å²) in [7, 11) is 0. The van der Waals surface area contributed by atoms with Crippen molar-refractivity contribution < 1.29 is 18.7 Å². The lowest BCUT2D eigenvalue weighted by Gasteiger charge is -2.30. The first-order chi connectivity index (χ1) is 13.7. The van der Waals surface area contributed by atoms with Gasteiger partial charge in [0.2, 0.25) is 5.89 Å². The van der Waals surface area contributed by atoms with E-state index in [1.54, 1.807) is 11.8 Å². The van der Waals surface area contributed by atoms with Crippen LogP contribution >= 0.6 is 0 Å². The normalized spacial score (nSPS) is 15.3. The zero-order valence-electron chi connectivity index (χ0n) is 15.9. The highest BCUT2D eigenvalue weighted by Gasteiger charge is 2.28. The first-order valence-electron chi connectivity index (χ1n) is 9.36. The van der Waals surface area contributed by atoms with Crippen molar-refractivity contribution in [3.05, 3.63) is 66.1 Å². The summed E-state index contributed by atoms with van der Waals surface area (Å²) in [5.74, 6) is 2.21. The van der Waals surface area contributed by atoms with E-state index in [9.17, 15) is 4.79 Å². The Balaban J connectivity index is 1.50. The van der Waals surface area contributed by atoms with E-state index in [-0.39, 0.29) is 12.0 Å². The summed E-state index contributed by atoms with van der Waals surface area (Å²) in [6.07, 6.45) is -0.236. The molecule has 0 fully saturated rings. The fourth-order valence-electron chi connectivity index (χ4n) is 3.20. The molecule has 1 amide bonds. The number of carbonyl (C=O) groups excluding carboxylic acids is 1. The Morgan fingerprint density at radius 1 is 1.11 bits per heavy atom. The number of likely N-dealkylation sites (N-methyl/N-ethyl adjacent to an activating group) is 1. The average Bonchev–Trinajstić information content (AvgIpc) is 3.13. The highest BCUT2D eigenvalue weighted by molar-refractivity contribution is 5.93. The van der Waals surface area contributed by atoms with Crippen LogP contribution in [0.1, 0.15) is 23.2 Å². The number of para-hydroxylation sites is 2. The number of nitrogens with zero attached hydrogens (tertiary/aromatic N) is 2. The van der Waals surface area contributed by atoms with Crippen LogP contribution in [-0.2, 0) is 0 Å². The second-order valence-corrected chi connectivity index (χ2v) is 6.63. The average molecular weight is 378 g/mol. The largest absolute Gasteiger partial charge is 0.486 e. The number of rotatable bonds is 5. The maximum Gasteiger partial charge on any atom is 0.276 e. The van der Waals surface area contributed by atoms with Crippen molar-refractivity contribution >= 4 is 5.91 Å². The molecule has 0 unspecified atom stereocenters. The molecule has 0 aliphatic carbocycles. The molecule has 3 aromatic rings. The van der Waals surface area contributed by atoms with Crippen LogP contribution in [0, 0.1) is 6.92 Å². The van der Waals surface area contributed by atoms with Crippen LogP contribution in [0.15, 0.2) is 59.0 Å². The van der Waals surface area contributed by atoms with Gasteiger partial charge in [-0.1, -0.05) is 30.3 Å². The molecular weight excluding hydrogens is 356 g/mol. The quantitative estimate of drug-likeness (QED) is 0.673. The Labute approximate surface area is 163 Å². The molecule has 2 aromatic carbocycles. The standard InChI is InChI=1S/C22H22N2O4/c1-3-24(13-17-14-26-18-11-7-8-12-19(18)28-17)22(25)20-15(2)27-21(23-20)16-9-5-4-6-10-16/h4-12,17H,3,13-14H2,1-2H3/t17-/m0/s1. The molecule has 0 spiro atoms. The van der Waals surface area contributed by atoms with Gasteiger partial charge in [-0.25, -0.2) is 4.98 Å². The van der Waals surface area contributed by atoms with E-state index >= 15 is 0 Å². The van der Waals surface area contributed by atoms with E-state index in [4.69, 9.17) is 13.9 Å². The maximum absolute atomic E-state index is 13.1. The van der Waals surface area contributed by atoms with Gasteiger partial charge >= 0.3 is 0 Å². The minimum atomic E-state index is -0.236. The van der Waals surface area contributed by atoms with Crippen molar-refractivity contribution in [1.82, 2.24) is 9.88 Å². The number of carbonyl (C=O) groups is 1. The number of aryl methyl sites for hydroxylation is 1. The molecule has 2 heterocycles. The van der Waals surface area contributed by atoms with Crippen LogP contribution in [0.5, 0.6) is 11.5 Å². The molecule has 1 atom stereocenters. The van der Waals surface area contributed by atoms with E-state index in [2.05, 4.69) is 4.98 Å². The fourth-order valence-corrected chi connectivity index (χ4v) is 3.20. The number of benzene rings is 2. The number of aromatic nitrogens is 1. The molecule has 0 saturated heterocycles. The second-order valence-electron chi connectivity index (χ2n) is 6.63. The molecule has 1 aliphatic heterocycles. The first-order valence-corrected chi connectivity index (χ1v) is 9.36. The molecule has 144 valence electrons. The fraction of sp³-hybridized carbons (Fsp3) is 0.273. The van der Waals surface area contributed by atoms with E-state index < -0.39 is 0 Å². The molecule has 1 aliphatic rings. The topological polar surface area (TPSA) is 64.8 Å². The summed E-state index contributed by atoms with van der Waals surface area (Å²) in [6.45, 7) is 5.04. The number of ether oxygens (including phenoxy) is 2. The van der Waals surface area contributed by atoms with Crippen molar-refractivity contribution in [2.24, 2.45) is 0 Å². The van der Waals surface area contributed by atoms with Gasteiger partial charge < -0.3 is 18.8 Å². The Morgan fingerprint density at radius 2 is 1.82 bits per heavy atom. The smallest absolute Gasteiger partial charge is 0.276 e. The molecule has 1 aromatic heterocycles. The Bertz CT molecular complexity index is 968. The van der Waals surface area contributed by atoms with Crippen molar-refractivity contribution in [3.8, 4) is 23.0 Å². The van der Waals surface area contributed by atoms with Gasteiger partial charge in [0.05, 0.1) is 6.54 Å². The summed E-state index contributed by atoms with van der Waals surface area (Å²) in [4.78, 5) is 19.2. The maximum atomic E-state index is 13.1. The molecule has 0 bridgehead atoms. The molecule has 6 heteroatoms. The van der Waals surface area contributed by atoms with E-state index in [1.165, 1.54) is 0 Å². The number of amides is 1. The van der Waals surface area contributed by atoms with Crippen molar-refractivity contribution in [1.29, 1.82) is 0 Å². The zero-order valence-corrected chi connectivity index (χ0v) is 15.9. The monoisotopic (exact) mass is 378 g/mol. The Morgan fingerprint density at radius 3 is 2.57 bits per heavy atom. The lowest BCUT2D eigenvalue weighted by molar-refractivity contribution is 0.0470. The summed E-state index contributed by atoms with van der Waals surface area (Å²) >= 11 is 0. The lowest BCUT2D eigenvalue weighted by Crippen LogP contribution is -2.43. The SMILES string of the molecule is CCN(C[C@H]1COc2ccccc2O1)C(=O)c1nc(-c2ccccc2)oc1C. The second kappa shape index (κ2) is 7.76. The van der Waals surface area contributed by atoms with Crippen molar-refractivity contribution in [3.63, 3.8) is 0 Å². The van der Waals surface area contributed by atoms with Crippen LogP contribution in [-0.4, -0.2) is 41.6 Å². The van der Waals surface area contributed by atoms with Gasteiger partial charge in [0, 0.05) is 12.1 Å². The van der Waals surface area contributed by atoms with Crippen molar-refractivity contribution in [2.75, 3.05) is 19.7 Å². The zero-order chi connectivity index (χ0) is 19.5. The predicted octanol–water partition coefficient (Wildman–Crippen LogP) is 3.95.